The lowest BCUT2D eigenvalue weighted by Crippen LogP contribution is -2.28. The van der Waals surface area contributed by atoms with Crippen LogP contribution in [0.2, 0.25) is 0 Å². The van der Waals surface area contributed by atoms with E-state index in [4.69, 9.17) is 14.6 Å². The Morgan fingerprint density at radius 3 is 2.47 bits per heavy atom. The molecule has 1 aliphatic heterocycles. The Morgan fingerprint density at radius 1 is 0.953 bits per heavy atom. The van der Waals surface area contributed by atoms with Gasteiger partial charge in [0, 0.05) is 45.0 Å². The number of fused-ring (bicyclic) bond motifs is 1. The van der Waals surface area contributed by atoms with Crippen LogP contribution in [0.25, 0.3) is 10.9 Å². The molecule has 1 atom stereocenters. The number of aryl methyl sites for hydroxylation is 1. The zero-order valence-electron chi connectivity index (χ0n) is 24.3. The summed E-state index contributed by atoms with van der Waals surface area (Å²) in [6, 6.07) is 30.5. The van der Waals surface area contributed by atoms with Gasteiger partial charge >= 0.3 is 0 Å². The topological polar surface area (TPSA) is 56.1 Å². The average molecular weight is 655 g/mol. The molecule has 2 heterocycles. The molecule has 0 bridgehead atoms. The van der Waals surface area contributed by atoms with Crippen molar-refractivity contribution in [3.63, 3.8) is 0 Å². The fourth-order valence-electron chi connectivity index (χ4n) is 5.53. The molecule has 0 aliphatic carbocycles. The van der Waals surface area contributed by atoms with Crippen LogP contribution in [0, 0.1) is 6.92 Å². The van der Waals surface area contributed by atoms with Crippen LogP contribution in [0.3, 0.4) is 0 Å². The lowest BCUT2D eigenvalue weighted by atomic mass is 9.97. The number of methoxy groups -OCH3 is 2. The maximum absolute atomic E-state index is 14.0. The van der Waals surface area contributed by atoms with E-state index in [1.807, 2.05) is 48.5 Å². The highest BCUT2D eigenvalue weighted by Gasteiger charge is 2.35. The lowest BCUT2D eigenvalue weighted by molar-refractivity contribution is -0.130. The van der Waals surface area contributed by atoms with Crippen LogP contribution < -0.4 is 9.47 Å². The second-order valence-corrected chi connectivity index (χ2v) is 12.4. The summed E-state index contributed by atoms with van der Waals surface area (Å²) in [5.74, 6) is 1.42. The van der Waals surface area contributed by atoms with Gasteiger partial charge in [0.25, 0.3) is 5.91 Å². The number of amides is 1. The molecule has 8 heteroatoms. The molecule has 218 valence electrons. The highest BCUT2D eigenvalue weighted by Crippen LogP contribution is 2.42. The van der Waals surface area contributed by atoms with Crippen LogP contribution in [-0.2, 0) is 11.3 Å². The molecule has 0 radical (unpaired) electrons. The van der Waals surface area contributed by atoms with Gasteiger partial charge in [-0.25, -0.2) is 5.01 Å². The highest BCUT2D eigenvalue weighted by atomic mass is 79.9. The van der Waals surface area contributed by atoms with E-state index < -0.39 is 0 Å². The monoisotopic (exact) mass is 653 g/mol. The number of ether oxygens (including phenoxy) is 2. The minimum absolute atomic E-state index is 0.0673. The Bertz CT molecular complexity index is 1800. The number of thioether (sulfide) groups is 1. The normalized spacial score (nSPS) is 14.7. The highest BCUT2D eigenvalue weighted by molar-refractivity contribution is 9.10. The van der Waals surface area contributed by atoms with Crippen molar-refractivity contribution >= 4 is 50.2 Å². The summed E-state index contributed by atoms with van der Waals surface area (Å²) in [4.78, 5) is 15.0. The first kappa shape index (κ1) is 29.1. The molecule has 0 fully saturated rings. The van der Waals surface area contributed by atoms with Crippen molar-refractivity contribution in [2.75, 3.05) is 20.0 Å². The Hall–Kier alpha value is -4.01. The third-order valence-electron chi connectivity index (χ3n) is 7.71. The summed E-state index contributed by atoms with van der Waals surface area (Å²) >= 11 is 5.06. The maximum atomic E-state index is 14.0. The number of hydrazone groups is 1. The average Bonchev–Trinajstić information content (AvgIpc) is 3.63. The molecule has 0 spiro atoms. The van der Waals surface area contributed by atoms with E-state index in [0.717, 1.165) is 43.7 Å². The number of halogens is 1. The molecule has 1 aromatic heterocycles. The first-order chi connectivity index (χ1) is 20.9. The van der Waals surface area contributed by atoms with Gasteiger partial charge in [0.05, 0.1) is 31.7 Å². The van der Waals surface area contributed by atoms with Gasteiger partial charge in [-0.15, -0.1) is 11.8 Å². The van der Waals surface area contributed by atoms with Gasteiger partial charge in [-0.1, -0.05) is 88.2 Å². The summed E-state index contributed by atoms with van der Waals surface area (Å²) in [6.45, 7) is 2.86. The van der Waals surface area contributed by atoms with Crippen LogP contribution >= 0.6 is 27.7 Å². The summed E-state index contributed by atoms with van der Waals surface area (Å²) in [5.41, 5.74) is 6.33. The minimum atomic E-state index is -0.320. The van der Waals surface area contributed by atoms with Crippen molar-refractivity contribution in [2.24, 2.45) is 5.10 Å². The van der Waals surface area contributed by atoms with Crippen molar-refractivity contribution in [3.8, 4) is 11.5 Å². The van der Waals surface area contributed by atoms with Crippen molar-refractivity contribution in [1.82, 2.24) is 9.58 Å². The van der Waals surface area contributed by atoms with Gasteiger partial charge < -0.3 is 14.0 Å². The number of hydrogen-bond donors (Lipinski definition) is 0. The molecule has 0 saturated carbocycles. The molecule has 1 unspecified atom stereocenters. The van der Waals surface area contributed by atoms with E-state index in [9.17, 15) is 4.79 Å². The smallest absolute Gasteiger partial charge is 0.253 e. The lowest BCUT2D eigenvalue weighted by Gasteiger charge is -2.24. The molecule has 6 rings (SSSR count). The van der Waals surface area contributed by atoms with Gasteiger partial charge in [0.1, 0.15) is 0 Å². The molecule has 4 aromatic carbocycles. The molecular formula is C35H32BrN3O3S. The number of rotatable bonds is 9. The second-order valence-electron chi connectivity index (χ2n) is 10.5. The first-order valence-corrected chi connectivity index (χ1v) is 15.9. The summed E-state index contributed by atoms with van der Waals surface area (Å²) in [7, 11) is 3.25. The fourth-order valence-corrected chi connectivity index (χ4v) is 6.73. The molecule has 5 aromatic rings. The number of para-hydroxylation sites is 2. The van der Waals surface area contributed by atoms with E-state index >= 15 is 0 Å². The predicted octanol–water partition coefficient (Wildman–Crippen LogP) is 8.25. The van der Waals surface area contributed by atoms with Crippen LogP contribution in [0.4, 0.5) is 0 Å². The molecule has 6 nitrogen and oxygen atoms in total. The quantitative estimate of drug-likeness (QED) is 0.150. The minimum Gasteiger partial charge on any atom is -0.493 e. The van der Waals surface area contributed by atoms with E-state index in [1.54, 1.807) is 31.0 Å². The van der Waals surface area contributed by atoms with E-state index in [-0.39, 0.29) is 17.7 Å². The van der Waals surface area contributed by atoms with Crippen molar-refractivity contribution in [1.29, 1.82) is 0 Å². The zero-order chi connectivity index (χ0) is 29.9. The zero-order valence-corrected chi connectivity index (χ0v) is 26.7. The first-order valence-electron chi connectivity index (χ1n) is 14.1. The van der Waals surface area contributed by atoms with E-state index in [2.05, 4.69) is 76.1 Å². The molecule has 0 N–H and O–H groups in total. The van der Waals surface area contributed by atoms with Gasteiger partial charge in [0.2, 0.25) is 0 Å². The second kappa shape index (κ2) is 12.7. The molecule has 1 amide bonds. The van der Waals surface area contributed by atoms with Gasteiger partial charge in [0.15, 0.2) is 11.5 Å². The standard InChI is InChI=1S/C35H32BrN3O3S/c1-23-11-13-24(14-12-23)20-38-21-33(27-7-4-5-9-30(27)38)43-22-34(40)39-31(28-8-6-10-32(41-2)35(28)42-3)19-29(37-39)25-15-17-26(36)18-16-25/h4-18,21,31H,19-20,22H2,1-3H3. The summed E-state index contributed by atoms with van der Waals surface area (Å²) < 4.78 is 14.6. The Labute approximate surface area is 264 Å². The number of hydrogen-bond acceptors (Lipinski definition) is 5. The van der Waals surface area contributed by atoms with Crippen LogP contribution in [0.5, 0.6) is 11.5 Å². The molecular weight excluding hydrogens is 622 g/mol. The molecule has 0 saturated heterocycles. The SMILES string of the molecule is COc1cccc(C2CC(c3ccc(Br)cc3)=NN2C(=O)CSc2cn(Cc3ccc(C)cc3)c3ccccc23)c1OC. The third kappa shape index (κ3) is 6.08. The van der Waals surface area contributed by atoms with Crippen molar-refractivity contribution < 1.29 is 14.3 Å². The number of carbonyl (C=O) groups is 1. The number of benzene rings is 4. The molecule has 43 heavy (non-hydrogen) atoms. The largest absolute Gasteiger partial charge is 0.493 e. The summed E-state index contributed by atoms with van der Waals surface area (Å²) in [6.07, 6.45) is 2.73. The number of aromatic nitrogens is 1. The predicted molar refractivity (Wildman–Crippen MR) is 177 cm³/mol. The van der Waals surface area contributed by atoms with Crippen LogP contribution in [0.15, 0.2) is 112 Å². The van der Waals surface area contributed by atoms with Crippen molar-refractivity contribution in [2.45, 2.75) is 30.8 Å². The molecule has 1 aliphatic rings. The van der Waals surface area contributed by atoms with E-state index in [0.29, 0.717) is 17.9 Å². The van der Waals surface area contributed by atoms with Gasteiger partial charge in [-0.05, 0) is 42.3 Å². The fraction of sp³-hybridized carbons (Fsp3) is 0.200. The number of nitrogens with zero attached hydrogens (tertiary/aromatic N) is 3. The Balaban J connectivity index is 1.29. The van der Waals surface area contributed by atoms with Crippen molar-refractivity contribution in [3.05, 3.63) is 124 Å². The third-order valence-corrected chi connectivity index (χ3v) is 9.27. The number of carbonyl (C=O) groups excluding carboxylic acids is 1. The van der Waals surface area contributed by atoms with Crippen LogP contribution in [-0.4, -0.2) is 41.2 Å². The summed E-state index contributed by atoms with van der Waals surface area (Å²) in [5, 5.41) is 7.66. The van der Waals surface area contributed by atoms with Gasteiger partial charge in [-0.2, -0.15) is 5.10 Å². The van der Waals surface area contributed by atoms with Crippen LogP contribution in [0.1, 0.15) is 34.7 Å². The van der Waals surface area contributed by atoms with Gasteiger partial charge in [-0.3, -0.25) is 4.79 Å². The maximum Gasteiger partial charge on any atom is 0.253 e. The Kier molecular flexibility index (Phi) is 8.58. The van der Waals surface area contributed by atoms with E-state index in [1.165, 1.54) is 11.1 Å². The Morgan fingerprint density at radius 2 is 1.72 bits per heavy atom.